The van der Waals surface area contributed by atoms with Crippen LogP contribution >= 0.6 is 0 Å². The van der Waals surface area contributed by atoms with E-state index in [1.165, 1.54) is 6.07 Å². The second kappa shape index (κ2) is 11.3. The monoisotopic (exact) mass is 438 g/mol. The van der Waals surface area contributed by atoms with Gasteiger partial charge in [-0.1, -0.05) is 10.4 Å². The van der Waals surface area contributed by atoms with Crippen LogP contribution in [0.3, 0.4) is 0 Å². The number of hydrogen-bond donors (Lipinski definition) is 2. The van der Waals surface area contributed by atoms with Gasteiger partial charge in [0, 0.05) is 37.6 Å². The Hall–Kier alpha value is -4.08. The Morgan fingerprint density at radius 1 is 0.688 bits per heavy atom. The van der Waals surface area contributed by atoms with Crippen LogP contribution in [0.15, 0.2) is 61.2 Å². The van der Waals surface area contributed by atoms with Gasteiger partial charge in [-0.3, -0.25) is 9.36 Å². The van der Waals surface area contributed by atoms with E-state index in [9.17, 15) is 10.2 Å². The van der Waals surface area contributed by atoms with Crippen molar-refractivity contribution in [3.05, 3.63) is 72.3 Å². The lowest BCUT2D eigenvalue weighted by Crippen LogP contribution is -2.02. The fourth-order valence-corrected chi connectivity index (χ4v) is 3.00. The van der Waals surface area contributed by atoms with E-state index in [1.807, 2.05) is 24.4 Å². The van der Waals surface area contributed by atoms with Gasteiger partial charge in [0.15, 0.2) is 0 Å². The molecule has 0 radical (unpaired) electrons. The summed E-state index contributed by atoms with van der Waals surface area (Å²) in [5.74, 6) is 1.75. The maximum absolute atomic E-state index is 9.26. The molecular formula is C22H26N6O4. The van der Waals surface area contributed by atoms with E-state index >= 15 is 0 Å². The van der Waals surface area contributed by atoms with Crippen molar-refractivity contribution >= 4 is 0 Å². The molecule has 0 fully saturated rings. The summed E-state index contributed by atoms with van der Waals surface area (Å²) >= 11 is 0. The first-order chi connectivity index (χ1) is 15.6. The van der Waals surface area contributed by atoms with Crippen LogP contribution in [0.2, 0.25) is 0 Å². The molecule has 10 heteroatoms. The van der Waals surface area contributed by atoms with Crippen molar-refractivity contribution in [2.24, 2.45) is 0 Å². The molecule has 0 spiro atoms. The quantitative estimate of drug-likeness (QED) is 0.430. The molecular weight excluding hydrogens is 412 g/mol. The topological polar surface area (TPSA) is 120 Å². The fourth-order valence-electron chi connectivity index (χ4n) is 3.00. The maximum Gasteiger partial charge on any atom is 0.122 e. The summed E-state index contributed by atoms with van der Waals surface area (Å²) in [6.07, 6.45) is 8.44. The summed E-state index contributed by atoms with van der Waals surface area (Å²) in [6, 6.07) is 10.4. The van der Waals surface area contributed by atoms with Gasteiger partial charge in [0.2, 0.25) is 0 Å². The van der Waals surface area contributed by atoms with Crippen LogP contribution in [-0.2, 0) is 25.9 Å². The number of hydrogen-bond acceptors (Lipinski definition) is 8. The van der Waals surface area contributed by atoms with Crippen molar-refractivity contribution in [2.45, 2.75) is 25.9 Å². The molecule has 0 saturated heterocycles. The summed E-state index contributed by atoms with van der Waals surface area (Å²) in [4.78, 5) is 0. The average Bonchev–Trinajstić information content (AvgIpc) is 3.50. The summed E-state index contributed by atoms with van der Waals surface area (Å²) in [5, 5.41) is 33.7. The molecule has 0 amide bonds. The van der Waals surface area contributed by atoms with E-state index in [2.05, 4.69) is 20.6 Å². The van der Waals surface area contributed by atoms with Crippen molar-refractivity contribution in [3.63, 3.8) is 0 Å². The molecule has 4 aromatic rings. The molecule has 4 rings (SSSR count). The first-order valence-corrected chi connectivity index (χ1v) is 9.98. The number of methoxy groups -OCH3 is 2. The molecule has 0 aliphatic carbocycles. The van der Waals surface area contributed by atoms with Gasteiger partial charge in [-0.05, 0) is 48.2 Å². The highest BCUT2D eigenvalue weighted by Gasteiger charge is 2.03. The number of nitrogens with zero attached hydrogens (tertiary/aromatic N) is 6. The third-order valence-corrected chi connectivity index (χ3v) is 4.58. The average molecular weight is 438 g/mol. The van der Waals surface area contributed by atoms with Crippen molar-refractivity contribution in [1.29, 1.82) is 0 Å². The molecule has 0 bridgehead atoms. The van der Waals surface area contributed by atoms with Crippen LogP contribution in [-0.4, -0.2) is 54.4 Å². The molecule has 2 aromatic carbocycles. The van der Waals surface area contributed by atoms with Gasteiger partial charge in [-0.15, -0.1) is 10.2 Å². The van der Waals surface area contributed by atoms with Crippen LogP contribution in [0, 0.1) is 0 Å². The van der Waals surface area contributed by atoms with Gasteiger partial charge < -0.3 is 19.7 Å². The Morgan fingerprint density at radius 3 is 1.56 bits per heavy atom. The first kappa shape index (κ1) is 22.6. The van der Waals surface area contributed by atoms with Gasteiger partial charge >= 0.3 is 0 Å². The normalized spacial score (nSPS) is 10.3. The smallest absolute Gasteiger partial charge is 0.122 e. The van der Waals surface area contributed by atoms with E-state index in [0.717, 1.165) is 35.6 Å². The second-order valence-electron chi connectivity index (χ2n) is 6.91. The van der Waals surface area contributed by atoms with E-state index in [-0.39, 0.29) is 11.5 Å². The van der Waals surface area contributed by atoms with Crippen LogP contribution in [0.4, 0.5) is 0 Å². The Kier molecular flexibility index (Phi) is 8.02. The van der Waals surface area contributed by atoms with E-state index < -0.39 is 0 Å². The summed E-state index contributed by atoms with van der Waals surface area (Å²) in [5.41, 5.74) is 2.01. The van der Waals surface area contributed by atoms with Gasteiger partial charge in [0.05, 0.1) is 26.6 Å². The van der Waals surface area contributed by atoms with Crippen molar-refractivity contribution < 1.29 is 19.7 Å². The highest BCUT2D eigenvalue weighted by molar-refractivity contribution is 5.38. The molecule has 0 aliphatic rings. The van der Waals surface area contributed by atoms with Gasteiger partial charge in [-0.25, -0.2) is 0 Å². The molecule has 2 N–H and O–H groups in total. The zero-order chi connectivity index (χ0) is 22.8. The number of ether oxygens (including phenoxy) is 2. The number of benzene rings is 2. The zero-order valence-electron chi connectivity index (χ0n) is 18.0. The number of aromatic hydroxyl groups is 2. The largest absolute Gasteiger partial charge is 0.508 e. The van der Waals surface area contributed by atoms with Crippen molar-refractivity contribution in [2.75, 3.05) is 14.2 Å². The number of rotatable bonds is 8. The van der Waals surface area contributed by atoms with Crippen molar-refractivity contribution in [1.82, 2.24) is 30.0 Å². The Balaban J connectivity index is 0.000000182. The number of aryl methyl sites for hydroxylation is 4. The lowest BCUT2D eigenvalue weighted by Gasteiger charge is -2.08. The van der Waals surface area contributed by atoms with Crippen LogP contribution in [0.5, 0.6) is 23.0 Å². The molecule has 0 saturated carbocycles. The lowest BCUT2D eigenvalue weighted by molar-refractivity contribution is 0.393. The Labute approximate surface area is 185 Å². The molecule has 0 unspecified atom stereocenters. The highest BCUT2D eigenvalue weighted by Crippen LogP contribution is 2.23. The molecule has 32 heavy (non-hydrogen) atoms. The van der Waals surface area contributed by atoms with E-state index in [0.29, 0.717) is 13.0 Å². The van der Waals surface area contributed by atoms with Crippen LogP contribution < -0.4 is 9.47 Å². The predicted octanol–water partition coefficient (Wildman–Crippen LogP) is 2.47. The maximum atomic E-state index is 9.26. The molecule has 168 valence electrons. The fraction of sp³-hybridized carbons (Fsp3) is 0.273. The van der Waals surface area contributed by atoms with Crippen LogP contribution in [0.1, 0.15) is 11.1 Å². The predicted molar refractivity (Wildman–Crippen MR) is 117 cm³/mol. The SMILES string of the molecule is COc1cc(CCn2ccnn2)cc(OC)c1.Oc1cc(O)cc(CCn2ccnn2)c1. The summed E-state index contributed by atoms with van der Waals surface area (Å²) < 4.78 is 13.9. The minimum Gasteiger partial charge on any atom is -0.508 e. The molecule has 10 nitrogen and oxygen atoms in total. The molecule has 2 heterocycles. The van der Waals surface area contributed by atoms with Crippen molar-refractivity contribution in [3.8, 4) is 23.0 Å². The van der Waals surface area contributed by atoms with E-state index in [4.69, 9.17) is 9.47 Å². The summed E-state index contributed by atoms with van der Waals surface area (Å²) in [7, 11) is 3.30. The summed E-state index contributed by atoms with van der Waals surface area (Å²) in [6.45, 7) is 1.46. The highest BCUT2D eigenvalue weighted by atomic mass is 16.5. The Bertz CT molecular complexity index is 1040. The van der Waals surface area contributed by atoms with Gasteiger partial charge in [0.25, 0.3) is 0 Å². The second-order valence-corrected chi connectivity index (χ2v) is 6.91. The molecule has 2 aromatic heterocycles. The van der Waals surface area contributed by atoms with Crippen LogP contribution in [0.25, 0.3) is 0 Å². The zero-order valence-corrected chi connectivity index (χ0v) is 18.0. The first-order valence-electron chi connectivity index (χ1n) is 9.98. The third kappa shape index (κ3) is 7.01. The number of phenols is 2. The van der Waals surface area contributed by atoms with Gasteiger partial charge in [-0.2, -0.15) is 0 Å². The number of aromatic nitrogens is 6. The number of phenolic OH excluding ortho intramolecular Hbond substituents is 2. The molecule has 0 atom stereocenters. The minimum atomic E-state index is 0.0728. The third-order valence-electron chi connectivity index (χ3n) is 4.58. The minimum absolute atomic E-state index is 0.0728. The van der Waals surface area contributed by atoms with Gasteiger partial charge in [0.1, 0.15) is 23.0 Å². The standard InChI is InChI=1S/C12H15N3O2.C10H11N3O2/c1-16-11-7-10(8-12(9-11)17-2)3-5-15-6-4-13-14-15;14-9-5-8(6-10(15)7-9)1-3-13-4-2-11-12-13/h4,6-9H,3,5H2,1-2H3;2,4-7,14-15H,1,3H2. The van der Waals surface area contributed by atoms with E-state index in [1.54, 1.807) is 54.3 Å². The lowest BCUT2D eigenvalue weighted by atomic mass is 10.1. The Morgan fingerprint density at radius 2 is 1.16 bits per heavy atom. The molecule has 0 aliphatic heterocycles.